The number of hydrogen-bond donors (Lipinski definition) is 1. The summed E-state index contributed by atoms with van der Waals surface area (Å²) in [6.07, 6.45) is 5.63. The molecule has 0 atom stereocenters. The molecule has 1 N–H and O–H groups in total. The molecule has 19 heavy (non-hydrogen) atoms. The van der Waals surface area contributed by atoms with Crippen LogP contribution < -0.4 is 0 Å². The number of imidazole rings is 1. The summed E-state index contributed by atoms with van der Waals surface area (Å²) in [7, 11) is 0. The van der Waals surface area contributed by atoms with Crippen LogP contribution in [-0.2, 0) is 11.3 Å². The summed E-state index contributed by atoms with van der Waals surface area (Å²) in [4.78, 5) is 17.0. The summed E-state index contributed by atoms with van der Waals surface area (Å²) in [6, 6.07) is 3.96. The van der Waals surface area contributed by atoms with Crippen molar-refractivity contribution in [3.05, 3.63) is 48.4 Å². The van der Waals surface area contributed by atoms with Gasteiger partial charge in [-0.05, 0) is 18.6 Å². The SMILES string of the molecule is C=CCN(CC(=O)O)Cc1cn2cc(C)ccc2n1. The van der Waals surface area contributed by atoms with E-state index in [-0.39, 0.29) is 6.54 Å². The molecule has 0 unspecified atom stereocenters. The quantitative estimate of drug-likeness (QED) is 0.802. The van der Waals surface area contributed by atoms with Crippen LogP contribution in [0, 0.1) is 6.92 Å². The molecule has 5 nitrogen and oxygen atoms in total. The van der Waals surface area contributed by atoms with Crippen LogP contribution in [0.4, 0.5) is 0 Å². The second-order valence-electron chi connectivity index (χ2n) is 4.56. The Bertz CT molecular complexity index is 604. The molecule has 0 saturated carbocycles. The van der Waals surface area contributed by atoms with Gasteiger partial charge in [-0.25, -0.2) is 4.98 Å². The third-order valence-corrected chi connectivity index (χ3v) is 2.78. The minimum Gasteiger partial charge on any atom is -0.480 e. The standard InChI is InChI=1S/C14H17N3O2/c1-3-6-16(10-14(18)19)8-12-9-17-7-11(2)4-5-13(17)15-12/h3-5,7,9H,1,6,8,10H2,2H3,(H,18,19). The Labute approximate surface area is 111 Å². The lowest BCUT2D eigenvalue weighted by Gasteiger charge is -2.16. The first-order valence-electron chi connectivity index (χ1n) is 6.08. The number of carboxylic acids is 1. The minimum absolute atomic E-state index is 0.0150. The van der Waals surface area contributed by atoms with Crippen molar-refractivity contribution in [2.45, 2.75) is 13.5 Å². The maximum atomic E-state index is 10.8. The van der Waals surface area contributed by atoms with Crippen LogP contribution >= 0.6 is 0 Å². The Morgan fingerprint density at radius 1 is 1.53 bits per heavy atom. The first-order valence-corrected chi connectivity index (χ1v) is 6.08. The predicted octanol–water partition coefficient (Wildman–Crippen LogP) is 1.72. The van der Waals surface area contributed by atoms with E-state index in [2.05, 4.69) is 11.6 Å². The Morgan fingerprint density at radius 3 is 3.00 bits per heavy atom. The van der Waals surface area contributed by atoms with Gasteiger partial charge in [0.25, 0.3) is 0 Å². The van der Waals surface area contributed by atoms with E-state index in [9.17, 15) is 4.79 Å². The third kappa shape index (κ3) is 3.42. The number of fused-ring (bicyclic) bond motifs is 1. The average molecular weight is 259 g/mol. The molecular weight excluding hydrogens is 242 g/mol. The molecule has 0 aromatic carbocycles. The monoisotopic (exact) mass is 259 g/mol. The molecule has 0 aliphatic rings. The summed E-state index contributed by atoms with van der Waals surface area (Å²) in [5.74, 6) is -0.846. The van der Waals surface area contributed by atoms with Gasteiger partial charge in [-0.2, -0.15) is 0 Å². The second-order valence-corrected chi connectivity index (χ2v) is 4.56. The molecule has 2 aromatic rings. The highest BCUT2D eigenvalue weighted by atomic mass is 16.4. The number of aromatic nitrogens is 2. The van der Waals surface area contributed by atoms with Gasteiger partial charge in [0.15, 0.2) is 0 Å². The lowest BCUT2D eigenvalue weighted by Crippen LogP contribution is -2.29. The van der Waals surface area contributed by atoms with Crippen LogP contribution in [0.25, 0.3) is 5.65 Å². The summed E-state index contributed by atoms with van der Waals surface area (Å²) in [6.45, 7) is 6.68. The average Bonchev–Trinajstić information content (AvgIpc) is 2.69. The van der Waals surface area contributed by atoms with Crippen molar-refractivity contribution in [1.82, 2.24) is 14.3 Å². The summed E-state index contributed by atoms with van der Waals surface area (Å²) in [5.41, 5.74) is 2.88. The van der Waals surface area contributed by atoms with Crippen molar-refractivity contribution in [2.24, 2.45) is 0 Å². The van der Waals surface area contributed by atoms with Crippen molar-refractivity contribution in [3.63, 3.8) is 0 Å². The first-order chi connectivity index (χ1) is 9.08. The molecule has 0 saturated heterocycles. The van der Waals surface area contributed by atoms with Crippen LogP contribution in [0.15, 0.2) is 37.2 Å². The Morgan fingerprint density at radius 2 is 2.32 bits per heavy atom. The van der Waals surface area contributed by atoms with Crippen molar-refractivity contribution in [1.29, 1.82) is 0 Å². The van der Waals surface area contributed by atoms with E-state index in [0.717, 1.165) is 16.9 Å². The van der Waals surface area contributed by atoms with E-state index in [1.807, 2.05) is 35.9 Å². The van der Waals surface area contributed by atoms with Gasteiger partial charge in [-0.15, -0.1) is 6.58 Å². The van der Waals surface area contributed by atoms with Crippen LogP contribution in [0.3, 0.4) is 0 Å². The summed E-state index contributed by atoms with van der Waals surface area (Å²) < 4.78 is 1.96. The van der Waals surface area contributed by atoms with Crippen molar-refractivity contribution < 1.29 is 9.90 Å². The molecule has 0 bridgehead atoms. The normalized spacial score (nSPS) is 11.1. The topological polar surface area (TPSA) is 57.8 Å². The van der Waals surface area contributed by atoms with E-state index in [0.29, 0.717) is 13.1 Å². The van der Waals surface area contributed by atoms with Crippen LogP contribution in [0.2, 0.25) is 0 Å². The molecule has 0 aliphatic heterocycles. The van der Waals surface area contributed by atoms with Crippen LogP contribution in [0.5, 0.6) is 0 Å². The van der Waals surface area contributed by atoms with Gasteiger partial charge >= 0.3 is 5.97 Å². The van der Waals surface area contributed by atoms with Gasteiger partial charge in [0, 0.05) is 25.5 Å². The number of carbonyl (C=O) groups is 1. The van der Waals surface area contributed by atoms with E-state index >= 15 is 0 Å². The number of pyridine rings is 1. The highest BCUT2D eigenvalue weighted by Crippen LogP contribution is 2.09. The highest BCUT2D eigenvalue weighted by molar-refractivity contribution is 5.69. The van der Waals surface area contributed by atoms with Crippen molar-refractivity contribution in [3.8, 4) is 0 Å². The van der Waals surface area contributed by atoms with Gasteiger partial charge < -0.3 is 9.51 Å². The van der Waals surface area contributed by atoms with Crippen molar-refractivity contribution in [2.75, 3.05) is 13.1 Å². The van der Waals surface area contributed by atoms with Gasteiger partial charge in [0.05, 0.1) is 12.2 Å². The molecule has 0 fully saturated rings. The fraction of sp³-hybridized carbons (Fsp3) is 0.286. The molecule has 2 heterocycles. The van der Waals surface area contributed by atoms with Gasteiger partial charge in [-0.3, -0.25) is 9.69 Å². The molecule has 0 amide bonds. The molecule has 5 heteroatoms. The number of aryl methyl sites for hydroxylation is 1. The zero-order chi connectivity index (χ0) is 13.8. The zero-order valence-electron chi connectivity index (χ0n) is 10.9. The second kappa shape index (κ2) is 5.67. The molecule has 2 rings (SSSR count). The number of hydrogen-bond acceptors (Lipinski definition) is 3. The van der Waals surface area contributed by atoms with Gasteiger partial charge in [0.1, 0.15) is 5.65 Å². The first kappa shape index (κ1) is 13.3. The van der Waals surface area contributed by atoms with Gasteiger partial charge in [0.2, 0.25) is 0 Å². The lowest BCUT2D eigenvalue weighted by atomic mass is 10.3. The molecule has 100 valence electrons. The smallest absolute Gasteiger partial charge is 0.317 e. The third-order valence-electron chi connectivity index (χ3n) is 2.78. The van der Waals surface area contributed by atoms with E-state index in [4.69, 9.17) is 5.11 Å². The Hall–Kier alpha value is -2.14. The van der Waals surface area contributed by atoms with Crippen molar-refractivity contribution >= 4 is 11.6 Å². The number of nitrogens with zero attached hydrogens (tertiary/aromatic N) is 3. The molecule has 0 radical (unpaired) electrons. The van der Waals surface area contributed by atoms with Crippen LogP contribution in [-0.4, -0.2) is 38.4 Å². The largest absolute Gasteiger partial charge is 0.480 e. The molecule has 0 spiro atoms. The highest BCUT2D eigenvalue weighted by Gasteiger charge is 2.11. The zero-order valence-corrected chi connectivity index (χ0v) is 10.9. The summed E-state index contributed by atoms with van der Waals surface area (Å²) >= 11 is 0. The molecule has 2 aromatic heterocycles. The van der Waals surface area contributed by atoms with Crippen LogP contribution in [0.1, 0.15) is 11.3 Å². The summed E-state index contributed by atoms with van der Waals surface area (Å²) in [5, 5.41) is 8.86. The number of carboxylic acid groups (broad SMARTS) is 1. The fourth-order valence-corrected chi connectivity index (χ4v) is 2.02. The molecule has 0 aliphatic carbocycles. The van der Waals surface area contributed by atoms with Gasteiger partial charge in [-0.1, -0.05) is 12.1 Å². The van der Waals surface area contributed by atoms with E-state index in [1.165, 1.54) is 0 Å². The number of aliphatic carboxylic acids is 1. The maximum Gasteiger partial charge on any atom is 0.317 e. The maximum absolute atomic E-state index is 10.8. The Balaban J connectivity index is 2.18. The predicted molar refractivity (Wildman–Crippen MR) is 73.0 cm³/mol. The number of rotatable bonds is 6. The Kier molecular flexibility index (Phi) is 3.97. The fourth-order valence-electron chi connectivity index (χ4n) is 2.02. The molecular formula is C14H17N3O2. The van der Waals surface area contributed by atoms with E-state index < -0.39 is 5.97 Å². The lowest BCUT2D eigenvalue weighted by molar-refractivity contribution is -0.138. The minimum atomic E-state index is -0.846. The van der Waals surface area contributed by atoms with E-state index in [1.54, 1.807) is 11.0 Å².